The lowest BCUT2D eigenvalue weighted by Crippen LogP contribution is -2.37. The van der Waals surface area contributed by atoms with Gasteiger partial charge in [-0.1, -0.05) is 302 Å². The summed E-state index contributed by atoms with van der Waals surface area (Å²) in [5.41, 5.74) is 0. The molecule has 2 atom stereocenters. The molecule has 0 aromatic rings. The van der Waals surface area contributed by atoms with Crippen LogP contribution in [0.4, 0.5) is 0 Å². The highest BCUT2D eigenvalue weighted by atomic mass is 31.2. The number of hydrogen-bond donors (Lipinski definition) is 1. The molecule has 10 heteroatoms. The van der Waals surface area contributed by atoms with Crippen LogP contribution >= 0.6 is 7.82 Å². The van der Waals surface area contributed by atoms with Gasteiger partial charge >= 0.3 is 19.8 Å². The maximum atomic E-state index is 12.9. The molecule has 0 spiro atoms. The monoisotopic (exact) mass is 1220 g/mol. The van der Waals surface area contributed by atoms with E-state index in [2.05, 4.69) is 135 Å². The summed E-state index contributed by atoms with van der Waals surface area (Å²) in [5.74, 6) is -0.794. The summed E-state index contributed by atoms with van der Waals surface area (Å²) >= 11 is 0. The van der Waals surface area contributed by atoms with E-state index >= 15 is 0 Å². The first-order valence-electron chi connectivity index (χ1n) is 35.3. The Bertz CT molecular complexity index is 1870. The van der Waals surface area contributed by atoms with Gasteiger partial charge < -0.3 is 18.9 Å². The van der Waals surface area contributed by atoms with E-state index in [-0.39, 0.29) is 32.0 Å². The number of carbonyl (C=O) groups excluding carboxylic acids is 2. The fourth-order valence-electron chi connectivity index (χ4n) is 9.66. The highest BCUT2D eigenvalue weighted by molar-refractivity contribution is 7.47. The number of phosphoric ester groups is 1. The van der Waals surface area contributed by atoms with Crippen molar-refractivity contribution < 1.29 is 42.1 Å². The average Bonchev–Trinajstić information content (AvgIpc) is 3.67. The lowest BCUT2D eigenvalue weighted by molar-refractivity contribution is -0.870. The van der Waals surface area contributed by atoms with E-state index in [0.717, 1.165) is 96.3 Å². The van der Waals surface area contributed by atoms with Gasteiger partial charge in [0.15, 0.2) is 6.10 Å². The van der Waals surface area contributed by atoms with Crippen molar-refractivity contribution in [3.8, 4) is 0 Å². The quantitative estimate of drug-likeness (QED) is 0.0211. The molecule has 0 aromatic heterocycles. The van der Waals surface area contributed by atoms with Crippen molar-refractivity contribution in [2.45, 2.75) is 302 Å². The Labute approximate surface area is 530 Å². The van der Waals surface area contributed by atoms with Crippen molar-refractivity contribution >= 4 is 19.8 Å². The topological polar surface area (TPSA) is 108 Å². The Kier molecular flexibility index (Phi) is 63.1. The van der Waals surface area contributed by atoms with Gasteiger partial charge in [-0.3, -0.25) is 18.6 Å². The van der Waals surface area contributed by atoms with Gasteiger partial charge in [0, 0.05) is 12.8 Å². The van der Waals surface area contributed by atoms with Gasteiger partial charge in [0.05, 0.1) is 27.7 Å². The standard InChI is InChI=1S/C76H132NO8P/c1-6-8-10-12-14-16-18-20-22-24-26-28-30-32-33-34-35-36-37-38-39-40-41-42-43-45-47-49-51-53-55-57-59-61-63-65-67-69-76(79)85-74(73-84-86(80,81)83-71-70-77(3,4)5)72-82-75(78)68-66-64-62-60-58-56-54-52-50-48-46-44-31-29-27-25-23-21-19-17-15-13-11-9-7-2/h8-11,14-17,20-23,26-29,32-33,35-36,74H,6-7,12-13,18-19,24-25,30-31,34,37-73H2,1-5H3/p+1/b10-8-,11-9-,16-14-,17-15-,22-20-,23-21-,28-26-,29-27-,33-32-,36-35-. The number of phosphoric acid groups is 1. The van der Waals surface area contributed by atoms with Crippen molar-refractivity contribution in [2.24, 2.45) is 0 Å². The first-order chi connectivity index (χ1) is 42.0. The minimum Gasteiger partial charge on any atom is -0.462 e. The van der Waals surface area contributed by atoms with Gasteiger partial charge in [0.2, 0.25) is 0 Å². The van der Waals surface area contributed by atoms with Crippen LogP contribution in [0.1, 0.15) is 296 Å². The van der Waals surface area contributed by atoms with Crippen molar-refractivity contribution in [1.29, 1.82) is 0 Å². The Morgan fingerprint density at radius 1 is 0.360 bits per heavy atom. The maximum absolute atomic E-state index is 12.9. The number of likely N-dealkylation sites (N-methyl/N-ethyl adjacent to an activating group) is 1. The second-order valence-corrected chi connectivity index (χ2v) is 26.0. The van der Waals surface area contributed by atoms with Crippen molar-refractivity contribution in [3.05, 3.63) is 122 Å². The van der Waals surface area contributed by atoms with Crippen LogP contribution in [0.2, 0.25) is 0 Å². The van der Waals surface area contributed by atoms with Gasteiger partial charge in [-0.25, -0.2) is 4.57 Å². The van der Waals surface area contributed by atoms with Crippen LogP contribution < -0.4 is 0 Å². The van der Waals surface area contributed by atoms with Crippen molar-refractivity contribution in [1.82, 2.24) is 0 Å². The zero-order valence-electron chi connectivity index (χ0n) is 56.3. The summed E-state index contributed by atoms with van der Waals surface area (Å²) < 4.78 is 34.7. The summed E-state index contributed by atoms with van der Waals surface area (Å²) in [7, 11) is 1.47. The molecule has 0 radical (unpaired) electrons. The van der Waals surface area contributed by atoms with Gasteiger partial charge in [-0.2, -0.15) is 0 Å². The second-order valence-electron chi connectivity index (χ2n) is 24.5. The number of allylic oxidation sites excluding steroid dienone is 20. The molecule has 0 aliphatic heterocycles. The van der Waals surface area contributed by atoms with E-state index in [9.17, 15) is 19.0 Å². The van der Waals surface area contributed by atoms with E-state index < -0.39 is 26.5 Å². The fraction of sp³-hybridized carbons (Fsp3) is 0.711. The van der Waals surface area contributed by atoms with Gasteiger partial charge in [0.1, 0.15) is 19.8 Å². The minimum absolute atomic E-state index is 0.0282. The van der Waals surface area contributed by atoms with Crippen LogP contribution in [-0.2, 0) is 32.7 Å². The molecule has 0 amide bonds. The summed E-state index contributed by atoms with van der Waals surface area (Å²) in [4.78, 5) is 35.9. The molecule has 0 aliphatic rings. The largest absolute Gasteiger partial charge is 0.472 e. The van der Waals surface area contributed by atoms with Crippen molar-refractivity contribution in [3.63, 3.8) is 0 Å². The number of unbranched alkanes of at least 4 members (excludes halogenated alkanes) is 30. The molecular weight excluding hydrogens is 1090 g/mol. The second kappa shape index (κ2) is 65.8. The first kappa shape index (κ1) is 82.4. The number of nitrogens with zero attached hydrogens (tertiary/aromatic N) is 1. The lowest BCUT2D eigenvalue weighted by Gasteiger charge is -2.24. The number of rotatable bonds is 64. The zero-order chi connectivity index (χ0) is 62.6. The molecule has 494 valence electrons. The average molecular weight is 1220 g/mol. The van der Waals surface area contributed by atoms with E-state index in [0.29, 0.717) is 17.4 Å². The molecule has 1 N–H and O–H groups in total. The first-order valence-corrected chi connectivity index (χ1v) is 36.8. The van der Waals surface area contributed by atoms with Gasteiger partial charge in [0.25, 0.3) is 0 Å². The minimum atomic E-state index is -4.40. The summed E-state index contributed by atoms with van der Waals surface area (Å²) in [5, 5.41) is 0. The molecule has 86 heavy (non-hydrogen) atoms. The van der Waals surface area contributed by atoms with Gasteiger partial charge in [-0.15, -0.1) is 0 Å². The van der Waals surface area contributed by atoms with Gasteiger partial charge in [-0.05, 0) is 103 Å². The number of ether oxygens (including phenoxy) is 2. The Morgan fingerprint density at radius 3 is 0.930 bits per heavy atom. The SMILES string of the molecule is CC/C=C\C/C=C\C/C=C\C/C=C\C/C=C\C/C=C\CCCCCCCCCCCCCCCCCCCCC(=O)OC(COC(=O)CCCCCCCCCCCCCC/C=C\C/C=C\C/C=C\C/C=C\CC)COP(=O)(O)OCC[N+](C)(C)C. The molecule has 0 saturated carbocycles. The van der Waals surface area contributed by atoms with E-state index in [1.807, 2.05) is 21.1 Å². The van der Waals surface area contributed by atoms with E-state index in [1.54, 1.807) is 0 Å². The summed E-state index contributed by atoms with van der Waals surface area (Å²) in [6, 6.07) is 0. The van der Waals surface area contributed by atoms with Crippen LogP contribution in [0.15, 0.2) is 122 Å². The van der Waals surface area contributed by atoms with Crippen LogP contribution in [0.25, 0.3) is 0 Å². The number of hydrogen-bond acceptors (Lipinski definition) is 7. The Balaban J connectivity index is 4.02. The van der Waals surface area contributed by atoms with Crippen LogP contribution in [0, 0.1) is 0 Å². The Hall–Kier alpha value is -3.59. The van der Waals surface area contributed by atoms with E-state index in [1.165, 1.54) is 167 Å². The number of esters is 2. The highest BCUT2D eigenvalue weighted by Crippen LogP contribution is 2.43. The van der Waals surface area contributed by atoms with Crippen molar-refractivity contribution in [2.75, 3.05) is 47.5 Å². The smallest absolute Gasteiger partial charge is 0.462 e. The summed E-state index contributed by atoms with van der Waals surface area (Å²) in [6.07, 6.45) is 94.4. The predicted molar refractivity (Wildman–Crippen MR) is 371 cm³/mol. The molecule has 0 heterocycles. The molecular formula is C76H133NO8P+. The van der Waals surface area contributed by atoms with Crippen LogP contribution in [0.3, 0.4) is 0 Å². The van der Waals surface area contributed by atoms with E-state index in [4.69, 9.17) is 18.5 Å². The van der Waals surface area contributed by atoms with Crippen LogP contribution in [0.5, 0.6) is 0 Å². The summed E-state index contributed by atoms with van der Waals surface area (Å²) in [6.45, 7) is 4.23. The molecule has 0 bridgehead atoms. The highest BCUT2D eigenvalue weighted by Gasteiger charge is 2.27. The third-order valence-corrected chi connectivity index (χ3v) is 16.0. The Morgan fingerprint density at radius 2 is 0.628 bits per heavy atom. The predicted octanol–water partition coefficient (Wildman–Crippen LogP) is 23.0. The molecule has 0 aromatic carbocycles. The molecule has 2 unspecified atom stereocenters. The van der Waals surface area contributed by atoms with Crippen LogP contribution in [-0.4, -0.2) is 74.9 Å². The zero-order valence-corrected chi connectivity index (χ0v) is 57.2. The molecule has 0 aliphatic carbocycles. The number of carbonyl (C=O) groups is 2. The fourth-order valence-corrected chi connectivity index (χ4v) is 10.4. The maximum Gasteiger partial charge on any atom is 0.472 e. The molecule has 0 saturated heterocycles. The third-order valence-electron chi connectivity index (χ3n) is 15.0. The molecule has 0 rings (SSSR count). The molecule has 0 fully saturated rings. The normalized spacial score (nSPS) is 13.9. The lowest BCUT2D eigenvalue weighted by atomic mass is 10.0. The number of quaternary nitrogens is 1. The third kappa shape index (κ3) is 69.5. The molecule has 9 nitrogen and oxygen atoms in total.